The summed E-state index contributed by atoms with van der Waals surface area (Å²) in [4.78, 5) is 10.1. The monoisotopic (exact) mass is 224 g/mol. The molecule has 1 rings (SSSR count). The number of hydrogen-bond donors (Lipinski definition) is 1. The van der Waals surface area contributed by atoms with Crippen LogP contribution in [0.25, 0.3) is 0 Å². The van der Waals surface area contributed by atoms with Crippen molar-refractivity contribution in [2.75, 3.05) is 5.73 Å². The zero-order valence-electron chi connectivity index (χ0n) is 8.18. The fourth-order valence-electron chi connectivity index (χ4n) is 1.29. The number of rotatable bonds is 5. The lowest BCUT2D eigenvalue weighted by Gasteiger charge is -2.01. The lowest BCUT2D eigenvalue weighted by Crippen LogP contribution is -1.97. The summed E-state index contributed by atoms with van der Waals surface area (Å²) in [7, 11) is 0. The number of unbranched alkanes of at least 4 members (excludes halogenated alkanes) is 1. The lowest BCUT2D eigenvalue weighted by atomic mass is 10.1. The molecular formula is C10H12N2O2S. The molecule has 4 nitrogen and oxygen atoms in total. The first-order valence-electron chi connectivity index (χ1n) is 4.61. The first-order valence-corrected chi connectivity index (χ1v) is 5.08. The minimum Gasteiger partial charge on any atom is -0.393 e. The molecule has 0 aliphatic heterocycles. The molecule has 80 valence electrons. The highest BCUT2D eigenvalue weighted by Gasteiger charge is 2.11. The van der Waals surface area contributed by atoms with Crippen molar-refractivity contribution in [2.24, 2.45) is 0 Å². The van der Waals surface area contributed by atoms with E-state index in [2.05, 4.69) is 0 Å². The fraction of sp³-hybridized carbons (Fsp3) is 0.300. The maximum absolute atomic E-state index is 10.6. The Morgan fingerprint density at radius 3 is 2.87 bits per heavy atom. The van der Waals surface area contributed by atoms with Crippen molar-refractivity contribution in [2.45, 2.75) is 19.3 Å². The number of nitrogens with two attached hydrogens (primary N) is 1. The van der Waals surface area contributed by atoms with Gasteiger partial charge in [0, 0.05) is 6.07 Å². The Bertz CT molecular complexity index is 380. The molecule has 1 aromatic rings. The van der Waals surface area contributed by atoms with Gasteiger partial charge in [0.15, 0.2) is 0 Å². The van der Waals surface area contributed by atoms with Gasteiger partial charge < -0.3 is 5.73 Å². The fourth-order valence-corrected chi connectivity index (χ4v) is 1.46. The minimum absolute atomic E-state index is 0.0187. The van der Waals surface area contributed by atoms with Gasteiger partial charge in [0.25, 0.3) is 5.69 Å². The summed E-state index contributed by atoms with van der Waals surface area (Å²) in [6, 6.07) is 4.91. The van der Waals surface area contributed by atoms with Crippen LogP contribution in [0.15, 0.2) is 18.2 Å². The SMILES string of the molecule is Nc1ccc(CCCC=S)cc1[N+](=O)[O-]. The number of nitro benzene ring substituents is 1. The van der Waals surface area contributed by atoms with E-state index in [-0.39, 0.29) is 11.4 Å². The summed E-state index contributed by atoms with van der Waals surface area (Å²) in [5.74, 6) is 0. The van der Waals surface area contributed by atoms with E-state index in [9.17, 15) is 10.1 Å². The highest BCUT2D eigenvalue weighted by molar-refractivity contribution is 7.78. The van der Waals surface area contributed by atoms with Gasteiger partial charge in [0.05, 0.1) is 4.92 Å². The molecule has 0 spiro atoms. The van der Waals surface area contributed by atoms with Crippen LogP contribution in [-0.2, 0) is 6.42 Å². The first-order chi connectivity index (χ1) is 7.15. The summed E-state index contributed by atoms with van der Waals surface area (Å²) in [6.45, 7) is 0. The van der Waals surface area contributed by atoms with E-state index in [0.717, 1.165) is 24.8 Å². The number of anilines is 1. The van der Waals surface area contributed by atoms with Crippen LogP contribution in [0.2, 0.25) is 0 Å². The number of benzene rings is 1. The van der Waals surface area contributed by atoms with E-state index >= 15 is 0 Å². The quantitative estimate of drug-likeness (QED) is 0.274. The van der Waals surface area contributed by atoms with Crippen molar-refractivity contribution in [1.82, 2.24) is 0 Å². The van der Waals surface area contributed by atoms with Crippen LogP contribution in [0.4, 0.5) is 11.4 Å². The van der Waals surface area contributed by atoms with Crippen molar-refractivity contribution in [3.8, 4) is 0 Å². The number of nitro groups is 1. The molecule has 1 aromatic carbocycles. The lowest BCUT2D eigenvalue weighted by molar-refractivity contribution is -0.384. The average Bonchev–Trinajstić information content (AvgIpc) is 2.20. The summed E-state index contributed by atoms with van der Waals surface area (Å²) >= 11 is 4.70. The molecule has 0 saturated carbocycles. The maximum Gasteiger partial charge on any atom is 0.292 e. The molecule has 0 radical (unpaired) electrons. The zero-order chi connectivity index (χ0) is 11.3. The van der Waals surface area contributed by atoms with Gasteiger partial charge in [0.2, 0.25) is 0 Å². The summed E-state index contributed by atoms with van der Waals surface area (Å²) in [5.41, 5.74) is 6.59. The van der Waals surface area contributed by atoms with Gasteiger partial charge in [-0.1, -0.05) is 18.3 Å². The first kappa shape index (κ1) is 11.6. The van der Waals surface area contributed by atoms with Crippen LogP contribution in [0, 0.1) is 10.1 Å². The molecule has 0 fully saturated rings. The zero-order valence-corrected chi connectivity index (χ0v) is 9.00. The van der Waals surface area contributed by atoms with E-state index in [0.29, 0.717) is 0 Å². The van der Waals surface area contributed by atoms with Gasteiger partial charge in [-0.15, -0.1) is 0 Å². The second kappa shape index (κ2) is 5.41. The van der Waals surface area contributed by atoms with Gasteiger partial charge in [-0.3, -0.25) is 10.1 Å². The Morgan fingerprint density at radius 2 is 2.27 bits per heavy atom. The maximum atomic E-state index is 10.6. The summed E-state index contributed by atoms with van der Waals surface area (Å²) in [5, 5.41) is 12.3. The molecular weight excluding hydrogens is 212 g/mol. The standard InChI is InChI=1S/C10H12N2O2S/c11-9-5-4-8(3-1-2-6-15)7-10(9)12(13)14/h4-7H,1-3,11H2. The van der Waals surface area contributed by atoms with Crippen LogP contribution >= 0.6 is 12.2 Å². The van der Waals surface area contributed by atoms with E-state index < -0.39 is 4.92 Å². The summed E-state index contributed by atoms with van der Waals surface area (Å²) < 4.78 is 0. The van der Waals surface area contributed by atoms with Gasteiger partial charge >= 0.3 is 0 Å². The molecule has 0 amide bonds. The van der Waals surface area contributed by atoms with Gasteiger partial charge in [-0.05, 0) is 36.3 Å². The van der Waals surface area contributed by atoms with Crippen LogP contribution in [-0.4, -0.2) is 10.3 Å². The number of aryl methyl sites for hydroxylation is 1. The largest absolute Gasteiger partial charge is 0.393 e. The Balaban J connectivity index is 2.78. The highest BCUT2D eigenvalue weighted by Crippen LogP contribution is 2.22. The molecule has 0 unspecified atom stereocenters. The van der Waals surface area contributed by atoms with Crippen molar-refractivity contribution in [1.29, 1.82) is 0 Å². The molecule has 2 N–H and O–H groups in total. The van der Waals surface area contributed by atoms with Crippen LogP contribution in [0.1, 0.15) is 18.4 Å². The third-order valence-electron chi connectivity index (χ3n) is 2.08. The van der Waals surface area contributed by atoms with Crippen molar-refractivity contribution < 1.29 is 4.92 Å². The average molecular weight is 224 g/mol. The van der Waals surface area contributed by atoms with Gasteiger partial charge in [0.1, 0.15) is 5.69 Å². The Morgan fingerprint density at radius 1 is 1.53 bits per heavy atom. The van der Waals surface area contributed by atoms with Gasteiger partial charge in [-0.2, -0.15) is 0 Å². The molecule has 0 aromatic heterocycles. The number of thiocarbonyl (C=S) groups is 1. The Hall–Kier alpha value is -1.49. The van der Waals surface area contributed by atoms with Crippen molar-refractivity contribution in [3.05, 3.63) is 33.9 Å². The predicted molar refractivity (Wildman–Crippen MR) is 64.1 cm³/mol. The topological polar surface area (TPSA) is 69.2 Å². The van der Waals surface area contributed by atoms with Crippen LogP contribution in [0.3, 0.4) is 0 Å². The van der Waals surface area contributed by atoms with Gasteiger partial charge in [-0.25, -0.2) is 0 Å². The molecule has 0 atom stereocenters. The van der Waals surface area contributed by atoms with E-state index in [1.54, 1.807) is 11.4 Å². The molecule has 15 heavy (non-hydrogen) atoms. The summed E-state index contributed by atoms with van der Waals surface area (Å²) in [6.07, 6.45) is 2.53. The molecule has 0 aliphatic rings. The highest BCUT2D eigenvalue weighted by atomic mass is 32.1. The van der Waals surface area contributed by atoms with E-state index in [1.807, 2.05) is 6.07 Å². The Kier molecular flexibility index (Phi) is 4.17. The molecule has 0 heterocycles. The van der Waals surface area contributed by atoms with E-state index in [1.165, 1.54) is 6.07 Å². The minimum atomic E-state index is -0.460. The number of nitrogen functional groups attached to an aromatic ring is 1. The Labute approximate surface area is 93.2 Å². The third-order valence-corrected chi connectivity index (χ3v) is 2.31. The number of nitrogens with zero attached hydrogens (tertiary/aromatic N) is 1. The van der Waals surface area contributed by atoms with Crippen LogP contribution in [0.5, 0.6) is 0 Å². The molecule has 0 aliphatic carbocycles. The van der Waals surface area contributed by atoms with Crippen LogP contribution < -0.4 is 5.73 Å². The normalized spacial score (nSPS) is 9.87. The van der Waals surface area contributed by atoms with Crippen molar-refractivity contribution in [3.63, 3.8) is 0 Å². The van der Waals surface area contributed by atoms with Crippen molar-refractivity contribution >= 4 is 29.0 Å². The molecule has 0 bridgehead atoms. The second-order valence-corrected chi connectivity index (χ2v) is 3.54. The molecule has 0 saturated heterocycles. The predicted octanol–water partition coefficient (Wildman–Crippen LogP) is 2.50. The van der Waals surface area contributed by atoms with E-state index in [4.69, 9.17) is 18.0 Å². The molecule has 5 heteroatoms. The number of hydrogen-bond acceptors (Lipinski definition) is 4. The smallest absolute Gasteiger partial charge is 0.292 e. The second-order valence-electron chi connectivity index (χ2n) is 3.21. The third kappa shape index (κ3) is 3.28.